The third kappa shape index (κ3) is 4.09. The summed E-state index contributed by atoms with van der Waals surface area (Å²) in [6, 6.07) is 2.66. The van der Waals surface area contributed by atoms with Gasteiger partial charge in [-0.15, -0.1) is 0 Å². The maximum absolute atomic E-state index is 13.0. The van der Waals surface area contributed by atoms with Crippen molar-refractivity contribution in [2.45, 2.75) is 12.2 Å². The van der Waals surface area contributed by atoms with E-state index in [9.17, 15) is 23.5 Å². The van der Waals surface area contributed by atoms with Crippen LogP contribution in [0.2, 0.25) is 0 Å². The molecule has 0 spiro atoms. The van der Waals surface area contributed by atoms with Gasteiger partial charge in [0.25, 0.3) is 11.6 Å². The van der Waals surface area contributed by atoms with Crippen LogP contribution in [0.15, 0.2) is 18.2 Å². The molecule has 0 heterocycles. The summed E-state index contributed by atoms with van der Waals surface area (Å²) in [5.74, 6) is -1.49. The number of nitro groups is 1. The van der Waals surface area contributed by atoms with E-state index in [1.54, 1.807) is 6.92 Å². The van der Waals surface area contributed by atoms with Crippen molar-refractivity contribution >= 4 is 22.4 Å². The van der Waals surface area contributed by atoms with E-state index >= 15 is 0 Å². The fraction of sp³-hybridized carbons (Fsp3) is 0.364. The molecule has 0 saturated carbocycles. The van der Waals surface area contributed by atoms with Crippen LogP contribution in [0.4, 0.5) is 10.1 Å². The molecule has 19 heavy (non-hydrogen) atoms. The van der Waals surface area contributed by atoms with Gasteiger partial charge in [0.05, 0.1) is 4.92 Å². The molecule has 0 fully saturated rings. The van der Waals surface area contributed by atoms with E-state index in [0.717, 1.165) is 18.2 Å². The van der Waals surface area contributed by atoms with Crippen molar-refractivity contribution in [3.05, 3.63) is 39.7 Å². The zero-order valence-electron chi connectivity index (χ0n) is 10.4. The maximum Gasteiger partial charge on any atom is 0.282 e. The van der Waals surface area contributed by atoms with E-state index in [4.69, 9.17) is 0 Å². The van der Waals surface area contributed by atoms with E-state index in [-0.39, 0.29) is 17.4 Å². The highest BCUT2D eigenvalue weighted by Gasteiger charge is 2.21. The maximum atomic E-state index is 13.0. The van der Waals surface area contributed by atoms with Crippen LogP contribution in [0.1, 0.15) is 17.3 Å². The summed E-state index contributed by atoms with van der Waals surface area (Å²) in [5.41, 5.74) is -0.816. The number of nitrogens with one attached hydrogen (secondary N) is 1. The summed E-state index contributed by atoms with van der Waals surface area (Å²) >= 11 is 0. The Morgan fingerprint density at radius 1 is 1.58 bits per heavy atom. The van der Waals surface area contributed by atoms with Crippen LogP contribution >= 0.6 is 0 Å². The van der Waals surface area contributed by atoms with Gasteiger partial charge in [-0.2, -0.15) is 0 Å². The fourth-order valence-electron chi connectivity index (χ4n) is 1.30. The average Bonchev–Trinajstić information content (AvgIpc) is 2.34. The zero-order chi connectivity index (χ0) is 14.6. The molecule has 0 bridgehead atoms. The Balaban J connectivity index is 2.90. The molecule has 2 unspecified atom stereocenters. The van der Waals surface area contributed by atoms with Gasteiger partial charge in [-0.1, -0.05) is 0 Å². The second kappa shape index (κ2) is 6.37. The molecule has 0 aromatic heterocycles. The van der Waals surface area contributed by atoms with Gasteiger partial charge in [-0.25, -0.2) is 4.39 Å². The normalized spacial score (nSPS) is 13.6. The molecule has 8 heteroatoms. The highest BCUT2D eigenvalue weighted by molar-refractivity contribution is 7.84. The smallest absolute Gasteiger partial charge is 0.282 e. The average molecular weight is 288 g/mol. The first-order valence-electron chi connectivity index (χ1n) is 5.37. The summed E-state index contributed by atoms with van der Waals surface area (Å²) < 4.78 is 24.2. The number of benzene rings is 1. The van der Waals surface area contributed by atoms with Crippen molar-refractivity contribution in [2.24, 2.45) is 0 Å². The Bertz CT molecular complexity index is 535. The van der Waals surface area contributed by atoms with Crippen LogP contribution in [0.25, 0.3) is 0 Å². The number of hydrogen-bond donors (Lipinski definition) is 1. The van der Waals surface area contributed by atoms with Crippen molar-refractivity contribution in [1.29, 1.82) is 0 Å². The van der Waals surface area contributed by atoms with Crippen molar-refractivity contribution in [3.8, 4) is 0 Å². The van der Waals surface area contributed by atoms with Gasteiger partial charge in [0, 0.05) is 34.9 Å². The van der Waals surface area contributed by atoms with Crippen LogP contribution in [0, 0.1) is 15.9 Å². The first-order chi connectivity index (χ1) is 8.82. The lowest BCUT2D eigenvalue weighted by atomic mass is 10.1. The Labute approximate surface area is 111 Å². The molecule has 1 amide bonds. The van der Waals surface area contributed by atoms with Crippen LogP contribution in [0.5, 0.6) is 0 Å². The molecule has 0 radical (unpaired) electrons. The molecule has 1 N–H and O–H groups in total. The standard InChI is InChI=1S/C11H13FN2O4S/c1-7(19(2)18)6-13-11(15)9-5-8(12)3-4-10(9)14(16)17/h3-5,7H,6H2,1-2H3,(H,13,15). The Hall–Kier alpha value is -1.83. The van der Waals surface area contributed by atoms with Crippen molar-refractivity contribution in [3.63, 3.8) is 0 Å². The van der Waals surface area contributed by atoms with E-state index in [2.05, 4.69) is 5.32 Å². The minimum Gasteiger partial charge on any atom is -0.351 e. The number of rotatable bonds is 5. The number of hydrogen-bond acceptors (Lipinski definition) is 4. The second-order valence-corrected chi connectivity index (χ2v) is 5.74. The molecule has 1 aromatic rings. The van der Waals surface area contributed by atoms with Gasteiger partial charge in [0.1, 0.15) is 11.4 Å². The molecular formula is C11H13FN2O4S. The Morgan fingerprint density at radius 3 is 2.74 bits per heavy atom. The zero-order valence-corrected chi connectivity index (χ0v) is 11.2. The minimum absolute atomic E-state index is 0.0929. The Morgan fingerprint density at radius 2 is 2.21 bits per heavy atom. The first kappa shape index (κ1) is 15.2. The highest BCUT2D eigenvalue weighted by Crippen LogP contribution is 2.19. The molecule has 1 rings (SSSR count). The highest BCUT2D eigenvalue weighted by atomic mass is 32.2. The van der Waals surface area contributed by atoms with Crippen LogP contribution in [-0.4, -0.2) is 33.1 Å². The first-order valence-corrected chi connectivity index (χ1v) is 6.99. The summed E-state index contributed by atoms with van der Waals surface area (Å²) in [4.78, 5) is 21.8. The van der Waals surface area contributed by atoms with Gasteiger partial charge in [0.2, 0.25) is 0 Å². The molecule has 0 aliphatic carbocycles. The number of nitro benzene ring substituents is 1. The molecular weight excluding hydrogens is 275 g/mol. The van der Waals surface area contributed by atoms with Crippen LogP contribution < -0.4 is 5.32 Å². The number of carbonyl (C=O) groups excluding carboxylic acids is 1. The number of nitrogens with zero attached hydrogens (tertiary/aromatic N) is 1. The van der Waals surface area contributed by atoms with E-state index in [1.807, 2.05) is 0 Å². The van der Waals surface area contributed by atoms with Crippen molar-refractivity contribution in [2.75, 3.05) is 12.8 Å². The summed E-state index contributed by atoms with van der Waals surface area (Å²) in [6.45, 7) is 1.76. The number of amides is 1. The van der Waals surface area contributed by atoms with Crippen molar-refractivity contribution in [1.82, 2.24) is 5.32 Å². The summed E-state index contributed by atoms with van der Waals surface area (Å²) in [5, 5.41) is 12.8. The summed E-state index contributed by atoms with van der Waals surface area (Å²) in [6.07, 6.45) is 1.49. The third-order valence-electron chi connectivity index (χ3n) is 2.52. The topological polar surface area (TPSA) is 89.3 Å². The van der Waals surface area contributed by atoms with E-state index < -0.39 is 33.1 Å². The molecule has 0 aliphatic heterocycles. The fourth-order valence-corrected chi connectivity index (χ4v) is 1.62. The SMILES string of the molecule is CC(CNC(=O)c1cc(F)ccc1[N+](=O)[O-])S(C)=O. The number of halogens is 1. The van der Waals surface area contributed by atoms with Crippen molar-refractivity contribution < 1.29 is 18.3 Å². The lowest BCUT2D eigenvalue weighted by Crippen LogP contribution is -2.33. The molecule has 1 aromatic carbocycles. The monoisotopic (exact) mass is 288 g/mol. The van der Waals surface area contributed by atoms with Gasteiger partial charge in [-0.3, -0.25) is 19.1 Å². The van der Waals surface area contributed by atoms with Crippen LogP contribution in [0.3, 0.4) is 0 Å². The quantitative estimate of drug-likeness (QED) is 0.652. The molecule has 104 valence electrons. The lowest BCUT2D eigenvalue weighted by Gasteiger charge is -2.10. The largest absolute Gasteiger partial charge is 0.351 e. The van der Waals surface area contributed by atoms with Crippen LogP contribution in [-0.2, 0) is 10.8 Å². The third-order valence-corrected chi connectivity index (χ3v) is 3.82. The van der Waals surface area contributed by atoms with E-state index in [1.165, 1.54) is 6.26 Å². The molecule has 6 nitrogen and oxygen atoms in total. The predicted octanol–water partition coefficient (Wildman–Crippen LogP) is 1.23. The van der Waals surface area contributed by atoms with Gasteiger partial charge < -0.3 is 5.32 Å². The second-order valence-electron chi connectivity index (χ2n) is 3.94. The molecule has 0 saturated heterocycles. The lowest BCUT2D eigenvalue weighted by molar-refractivity contribution is -0.385. The van der Waals surface area contributed by atoms with Gasteiger partial charge in [0.15, 0.2) is 0 Å². The predicted molar refractivity (Wildman–Crippen MR) is 68.9 cm³/mol. The number of carbonyl (C=O) groups is 1. The summed E-state index contributed by atoms with van der Waals surface area (Å²) in [7, 11) is -1.12. The van der Waals surface area contributed by atoms with Gasteiger partial charge >= 0.3 is 0 Å². The minimum atomic E-state index is -1.12. The van der Waals surface area contributed by atoms with E-state index in [0.29, 0.717) is 0 Å². The molecule has 2 atom stereocenters. The van der Waals surface area contributed by atoms with Gasteiger partial charge in [-0.05, 0) is 19.1 Å². The molecule has 0 aliphatic rings. The Kier molecular flexibility index (Phi) is 5.11.